The summed E-state index contributed by atoms with van der Waals surface area (Å²) in [5, 5.41) is 24.6. The van der Waals surface area contributed by atoms with Gasteiger partial charge < -0.3 is 34.3 Å². The standard InChI is InChI=1S/C32H37IN2O7/c1-40-26-14-8-9-20-18-28(42-30(20)26)32(39)35(22-10-4-2-3-5-11-22)24-17-21(31(38)34-15-16-36)19-27(29(24)37)41-25-13-7-6-12-23(25)33/h6-9,12-14,18-19,22,24,27,29,36-37H,2-5,10-11,15-17H2,1H3,(H,34,38)/t24-,27+,29+/m1/s1. The largest absolute Gasteiger partial charge is 0.493 e. The van der Waals surface area contributed by atoms with Crippen molar-refractivity contribution in [1.82, 2.24) is 10.2 Å². The van der Waals surface area contributed by atoms with Gasteiger partial charge in [0, 0.05) is 30.0 Å². The predicted molar refractivity (Wildman–Crippen MR) is 167 cm³/mol. The van der Waals surface area contributed by atoms with Gasteiger partial charge in [-0.2, -0.15) is 0 Å². The SMILES string of the molecule is COc1cccc2cc(C(=O)N(C3CCCCCC3)[C@@H]3CC(C(=O)NCCO)=C[C@H](Oc4ccccc4I)[C@H]3O)oc12. The zero-order chi connectivity index (χ0) is 29.6. The van der Waals surface area contributed by atoms with E-state index in [-0.39, 0.29) is 43.2 Å². The molecule has 1 heterocycles. The summed E-state index contributed by atoms with van der Waals surface area (Å²) in [5.74, 6) is 0.558. The average molecular weight is 689 g/mol. The second-order valence-electron chi connectivity index (χ2n) is 10.8. The number of nitrogens with zero attached hydrogens (tertiary/aromatic N) is 1. The van der Waals surface area contributed by atoms with Crippen LogP contribution in [0.3, 0.4) is 0 Å². The Labute approximate surface area is 259 Å². The number of ether oxygens (including phenoxy) is 2. The number of methoxy groups -OCH3 is 1. The van der Waals surface area contributed by atoms with E-state index in [0.29, 0.717) is 22.7 Å². The number of furan rings is 1. The summed E-state index contributed by atoms with van der Waals surface area (Å²) in [6.07, 6.45) is 5.45. The van der Waals surface area contributed by atoms with Crippen LogP contribution in [0.2, 0.25) is 0 Å². The maximum absolute atomic E-state index is 14.4. The molecule has 0 saturated heterocycles. The Bertz CT molecular complexity index is 1430. The number of benzene rings is 2. The first-order valence-electron chi connectivity index (χ1n) is 14.5. The van der Waals surface area contributed by atoms with Gasteiger partial charge in [0.15, 0.2) is 17.1 Å². The Hall–Kier alpha value is -3.09. The molecule has 1 aromatic heterocycles. The van der Waals surface area contributed by atoms with Gasteiger partial charge in [-0.25, -0.2) is 0 Å². The van der Waals surface area contributed by atoms with Crippen molar-refractivity contribution < 1.29 is 33.7 Å². The van der Waals surface area contributed by atoms with Gasteiger partial charge in [0.25, 0.3) is 5.91 Å². The maximum Gasteiger partial charge on any atom is 0.290 e. The molecule has 0 radical (unpaired) electrons. The number of carbonyl (C=O) groups is 2. The second-order valence-corrected chi connectivity index (χ2v) is 12.0. The van der Waals surface area contributed by atoms with Crippen molar-refractivity contribution in [2.24, 2.45) is 0 Å². The van der Waals surface area contributed by atoms with Crippen molar-refractivity contribution in [1.29, 1.82) is 0 Å². The monoisotopic (exact) mass is 688 g/mol. The van der Waals surface area contributed by atoms with Gasteiger partial charge in [-0.3, -0.25) is 9.59 Å². The van der Waals surface area contributed by atoms with Gasteiger partial charge in [-0.05, 0) is 65.8 Å². The molecule has 2 aliphatic carbocycles. The molecule has 0 bridgehead atoms. The highest BCUT2D eigenvalue weighted by molar-refractivity contribution is 14.1. The van der Waals surface area contributed by atoms with E-state index in [9.17, 15) is 19.8 Å². The quantitative estimate of drug-likeness (QED) is 0.218. The molecule has 1 fully saturated rings. The number of hydrogen-bond acceptors (Lipinski definition) is 7. The van der Waals surface area contributed by atoms with Gasteiger partial charge in [-0.15, -0.1) is 0 Å². The number of rotatable bonds is 9. The van der Waals surface area contributed by atoms with Crippen LogP contribution in [-0.4, -0.2) is 71.5 Å². The molecular formula is C32H37IN2O7. The first-order valence-corrected chi connectivity index (χ1v) is 15.6. The van der Waals surface area contributed by atoms with Crippen LogP contribution in [0.25, 0.3) is 11.0 Å². The Kier molecular flexibility index (Phi) is 10.1. The molecule has 3 aromatic rings. The van der Waals surface area contributed by atoms with Crippen LogP contribution in [0, 0.1) is 3.57 Å². The predicted octanol–water partition coefficient (Wildman–Crippen LogP) is 4.83. The summed E-state index contributed by atoms with van der Waals surface area (Å²) in [4.78, 5) is 29.4. The number of fused-ring (bicyclic) bond motifs is 1. The Morgan fingerprint density at radius 2 is 1.81 bits per heavy atom. The number of nitrogens with one attached hydrogen (secondary N) is 1. The van der Waals surface area contributed by atoms with E-state index >= 15 is 0 Å². The molecule has 2 amide bonds. The van der Waals surface area contributed by atoms with E-state index in [1.165, 1.54) is 0 Å². The third-order valence-electron chi connectivity index (χ3n) is 8.06. The minimum atomic E-state index is -1.11. The fourth-order valence-electron chi connectivity index (χ4n) is 5.99. The van der Waals surface area contributed by atoms with Crippen LogP contribution in [0.5, 0.6) is 11.5 Å². The van der Waals surface area contributed by atoms with E-state index in [1.54, 1.807) is 30.2 Å². The smallest absolute Gasteiger partial charge is 0.290 e. The molecule has 3 atom stereocenters. The zero-order valence-corrected chi connectivity index (χ0v) is 25.8. The molecule has 1 saturated carbocycles. The lowest BCUT2D eigenvalue weighted by Crippen LogP contribution is -2.58. The lowest BCUT2D eigenvalue weighted by molar-refractivity contribution is -0.118. The van der Waals surface area contributed by atoms with E-state index in [0.717, 1.165) is 47.5 Å². The van der Waals surface area contributed by atoms with Crippen molar-refractivity contribution in [3.8, 4) is 11.5 Å². The molecule has 2 aliphatic rings. The van der Waals surface area contributed by atoms with Crippen molar-refractivity contribution in [3.05, 3.63) is 69.5 Å². The highest BCUT2D eigenvalue weighted by Crippen LogP contribution is 2.36. The molecule has 3 N–H and O–H groups in total. The summed E-state index contributed by atoms with van der Waals surface area (Å²) in [6.45, 7) is -0.104. The molecule has 0 unspecified atom stereocenters. The third-order valence-corrected chi connectivity index (χ3v) is 8.95. The number of aliphatic hydroxyl groups excluding tert-OH is 2. The van der Waals surface area contributed by atoms with Gasteiger partial charge in [0.2, 0.25) is 5.91 Å². The minimum absolute atomic E-state index is 0.0948. The van der Waals surface area contributed by atoms with Crippen molar-refractivity contribution in [2.45, 2.75) is 69.2 Å². The normalized spacial score (nSPS) is 21.3. The summed E-state index contributed by atoms with van der Waals surface area (Å²) in [5.41, 5.74) is 0.879. The first kappa shape index (κ1) is 30.4. The van der Waals surface area contributed by atoms with E-state index in [4.69, 9.17) is 13.9 Å². The Morgan fingerprint density at radius 1 is 1.07 bits per heavy atom. The van der Waals surface area contributed by atoms with Crippen LogP contribution in [0.1, 0.15) is 55.5 Å². The van der Waals surface area contributed by atoms with Crippen LogP contribution in [0.4, 0.5) is 0 Å². The summed E-state index contributed by atoms with van der Waals surface area (Å²) < 4.78 is 18.7. The molecule has 0 spiro atoms. The summed E-state index contributed by atoms with van der Waals surface area (Å²) in [6, 6.07) is 13.8. The summed E-state index contributed by atoms with van der Waals surface area (Å²) in [7, 11) is 1.55. The van der Waals surface area contributed by atoms with Crippen LogP contribution < -0.4 is 14.8 Å². The number of aliphatic hydroxyl groups is 2. The third kappa shape index (κ3) is 6.60. The molecular weight excluding hydrogens is 651 g/mol. The molecule has 9 nitrogen and oxygen atoms in total. The molecule has 5 rings (SSSR count). The second kappa shape index (κ2) is 13.9. The van der Waals surface area contributed by atoms with Crippen LogP contribution >= 0.6 is 22.6 Å². The van der Waals surface area contributed by atoms with Gasteiger partial charge in [0.1, 0.15) is 18.0 Å². The van der Waals surface area contributed by atoms with Gasteiger partial charge in [-0.1, -0.05) is 49.9 Å². The number of para-hydroxylation sites is 2. The number of carbonyl (C=O) groups excluding carboxylic acids is 2. The van der Waals surface area contributed by atoms with E-state index in [1.807, 2.05) is 36.4 Å². The molecule has 0 aliphatic heterocycles. The first-order chi connectivity index (χ1) is 20.4. The summed E-state index contributed by atoms with van der Waals surface area (Å²) >= 11 is 2.17. The lowest BCUT2D eigenvalue weighted by Gasteiger charge is -2.43. The Balaban J connectivity index is 1.55. The number of hydrogen-bond donors (Lipinski definition) is 3. The fourth-order valence-corrected chi connectivity index (χ4v) is 6.50. The highest BCUT2D eigenvalue weighted by atomic mass is 127. The van der Waals surface area contributed by atoms with Crippen LogP contribution in [-0.2, 0) is 4.79 Å². The molecule has 224 valence electrons. The van der Waals surface area contributed by atoms with E-state index < -0.39 is 18.2 Å². The molecule has 2 aromatic carbocycles. The Morgan fingerprint density at radius 3 is 2.52 bits per heavy atom. The van der Waals surface area contributed by atoms with E-state index in [2.05, 4.69) is 27.9 Å². The average Bonchev–Trinajstić information content (AvgIpc) is 3.27. The van der Waals surface area contributed by atoms with Crippen molar-refractivity contribution in [2.75, 3.05) is 20.3 Å². The fraction of sp³-hybridized carbons (Fsp3) is 0.438. The number of amides is 2. The van der Waals surface area contributed by atoms with Gasteiger partial charge >= 0.3 is 0 Å². The van der Waals surface area contributed by atoms with Crippen LogP contribution in [0.15, 0.2) is 64.6 Å². The van der Waals surface area contributed by atoms with Gasteiger partial charge in [0.05, 0.1) is 23.3 Å². The lowest BCUT2D eigenvalue weighted by atomic mass is 9.86. The topological polar surface area (TPSA) is 121 Å². The molecule has 42 heavy (non-hydrogen) atoms. The highest BCUT2D eigenvalue weighted by Gasteiger charge is 2.44. The van der Waals surface area contributed by atoms with Crippen molar-refractivity contribution in [3.63, 3.8) is 0 Å². The minimum Gasteiger partial charge on any atom is -0.493 e. The zero-order valence-electron chi connectivity index (χ0n) is 23.6. The number of halogens is 1. The maximum atomic E-state index is 14.4. The molecule has 10 heteroatoms. The van der Waals surface area contributed by atoms with Crippen molar-refractivity contribution >= 4 is 45.4 Å².